The lowest BCUT2D eigenvalue weighted by Crippen LogP contribution is -2.57. The first-order valence-corrected chi connectivity index (χ1v) is 5.45. The summed E-state index contributed by atoms with van der Waals surface area (Å²) in [4.78, 5) is 24.6. The summed E-state index contributed by atoms with van der Waals surface area (Å²) in [5.74, 6) is -0.0341. The number of ether oxygens (including phenoxy) is 1. The van der Waals surface area contributed by atoms with E-state index in [2.05, 4.69) is 5.32 Å². The quantitative estimate of drug-likeness (QED) is 0.620. The predicted molar refractivity (Wildman–Crippen MR) is 51.0 cm³/mol. The fraction of sp³-hybridized carbons (Fsp3) is 0.800. The molecule has 3 heterocycles. The Balaban J connectivity index is 1.75. The lowest BCUT2D eigenvalue weighted by atomic mass is 9.94. The summed E-state index contributed by atoms with van der Waals surface area (Å²) in [6.45, 7) is 0.350. The average Bonchev–Trinajstić information content (AvgIpc) is 2.83. The zero-order valence-electron chi connectivity index (χ0n) is 8.44. The van der Waals surface area contributed by atoms with Crippen LogP contribution in [-0.2, 0) is 14.3 Å². The summed E-state index contributed by atoms with van der Waals surface area (Å²) in [7, 11) is 0. The summed E-state index contributed by atoms with van der Waals surface area (Å²) in [6.07, 6.45) is 3.53. The summed E-state index contributed by atoms with van der Waals surface area (Å²) >= 11 is 0. The van der Waals surface area contributed by atoms with Crippen LogP contribution in [0.1, 0.15) is 19.3 Å². The summed E-state index contributed by atoms with van der Waals surface area (Å²) in [5, 5.41) is 2.56. The van der Waals surface area contributed by atoms with Crippen molar-refractivity contribution in [2.75, 3.05) is 13.1 Å². The van der Waals surface area contributed by atoms with E-state index in [1.807, 2.05) is 0 Å². The molecule has 0 radical (unpaired) electrons. The van der Waals surface area contributed by atoms with Crippen LogP contribution in [-0.4, -0.2) is 48.1 Å². The maximum Gasteiger partial charge on any atom is 0.242 e. The van der Waals surface area contributed by atoms with E-state index in [4.69, 9.17) is 4.74 Å². The second-order valence-electron chi connectivity index (χ2n) is 4.48. The number of fused-ring (bicyclic) bond motifs is 2. The van der Waals surface area contributed by atoms with E-state index in [9.17, 15) is 9.59 Å². The van der Waals surface area contributed by atoms with Gasteiger partial charge in [0.05, 0.1) is 31.3 Å². The second-order valence-corrected chi connectivity index (χ2v) is 4.48. The number of hydrogen-bond donors (Lipinski definition) is 1. The summed E-state index contributed by atoms with van der Waals surface area (Å²) in [5.41, 5.74) is 0. The Morgan fingerprint density at radius 1 is 1.33 bits per heavy atom. The minimum atomic E-state index is -0.0580. The fourth-order valence-corrected chi connectivity index (χ4v) is 2.82. The van der Waals surface area contributed by atoms with Gasteiger partial charge in [-0.05, 0) is 19.3 Å². The van der Waals surface area contributed by atoms with E-state index in [-0.39, 0.29) is 37.0 Å². The molecule has 2 amide bonds. The van der Waals surface area contributed by atoms with E-state index in [1.165, 1.54) is 0 Å². The molecule has 0 aromatic carbocycles. The van der Waals surface area contributed by atoms with Crippen LogP contribution >= 0.6 is 0 Å². The molecule has 0 aromatic rings. The van der Waals surface area contributed by atoms with Crippen molar-refractivity contribution in [3.8, 4) is 0 Å². The normalized spacial score (nSPS) is 39.7. The Morgan fingerprint density at radius 2 is 2.20 bits per heavy atom. The van der Waals surface area contributed by atoms with Crippen LogP contribution in [0.3, 0.4) is 0 Å². The van der Waals surface area contributed by atoms with E-state index in [1.54, 1.807) is 4.90 Å². The molecular weight excluding hydrogens is 196 g/mol. The van der Waals surface area contributed by atoms with E-state index >= 15 is 0 Å². The second kappa shape index (κ2) is 3.20. The highest BCUT2D eigenvalue weighted by Crippen LogP contribution is 2.37. The van der Waals surface area contributed by atoms with Crippen LogP contribution in [0.5, 0.6) is 0 Å². The van der Waals surface area contributed by atoms with Gasteiger partial charge in [-0.25, -0.2) is 0 Å². The van der Waals surface area contributed by atoms with Crippen molar-refractivity contribution in [2.45, 2.75) is 37.5 Å². The van der Waals surface area contributed by atoms with E-state index < -0.39 is 0 Å². The highest BCUT2D eigenvalue weighted by atomic mass is 16.5. The molecular formula is C10H14N2O3. The third-order valence-electron chi connectivity index (χ3n) is 3.55. The van der Waals surface area contributed by atoms with Gasteiger partial charge in [-0.15, -0.1) is 0 Å². The Hall–Kier alpha value is -1.10. The molecule has 1 N–H and O–H groups in total. The summed E-state index contributed by atoms with van der Waals surface area (Å²) < 4.78 is 5.70. The van der Waals surface area contributed by atoms with Crippen LogP contribution in [0, 0.1) is 0 Å². The Morgan fingerprint density at radius 3 is 2.87 bits per heavy atom. The third-order valence-corrected chi connectivity index (χ3v) is 3.55. The van der Waals surface area contributed by atoms with Crippen molar-refractivity contribution in [1.82, 2.24) is 10.2 Å². The highest BCUT2D eigenvalue weighted by molar-refractivity contribution is 5.92. The van der Waals surface area contributed by atoms with E-state index in [0.717, 1.165) is 19.3 Å². The molecule has 3 atom stereocenters. The fourth-order valence-electron chi connectivity index (χ4n) is 2.82. The standard InChI is InChI=1S/C10H14N2O3/c13-9-5-12(10(14)4-11-9)7-3-6-1-2-8(7)15-6/h6-8H,1-5H2,(H,11,13). The van der Waals surface area contributed by atoms with Crippen LogP contribution in [0.2, 0.25) is 0 Å². The van der Waals surface area contributed by atoms with Gasteiger partial charge < -0.3 is 15.0 Å². The third kappa shape index (κ3) is 1.42. The zero-order valence-corrected chi connectivity index (χ0v) is 8.44. The van der Waals surface area contributed by atoms with Gasteiger partial charge in [0, 0.05) is 0 Å². The van der Waals surface area contributed by atoms with Gasteiger partial charge in [0.1, 0.15) is 0 Å². The van der Waals surface area contributed by atoms with Crippen molar-refractivity contribution in [3.05, 3.63) is 0 Å². The number of piperazine rings is 1. The monoisotopic (exact) mass is 210 g/mol. The van der Waals surface area contributed by atoms with Gasteiger partial charge in [0.2, 0.25) is 11.8 Å². The number of nitrogens with zero attached hydrogens (tertiary/aromatic N) is 1. The van der Waals surface area contributed by atoms with Crippen LogP contribution in [0.15, 0.2) is 0 Å². The SMILES string of the molecule is O=C1CN(C2CC3CCC2O3)C(=O)CN1. The van der Waals surface area contributed by atoms with Crippen molar-refractivity contribution >= 4 is 11.8 Å². The van der Waals surface area contributed by atoms with Crippen LogP contribution < -0.4 is 5.32 Å². The minimum absolute atomic E-state index is 0.0238. The zero-order chi connectivity index (χ0) is 10.4. The lowest BCUT2D eigenvalue weighted by Gasteiger charge is -2.35. The number of carbonyl (C=O) groups is 2. The average molecular weight is 210 g/mol. The molecule has 82 valence electrons. The minimum Gasteiger partial charge on any atom is -0.373 e. The molecule has 5 heteroatoms. The number of hydrogen-bond acceptors (Lipinski definition) is 3. The largest absolute Gasteiger partial charge is 0.373 e. The van der Waals surface area contributed by atoms with Gasteiger partial charge in [0.15, 0.2) is 0 Å². The molecule has 3 rings (SSSR count). The molecule has 5 nitrogen and oxygen atoms in total. The topological polar surface area (TPSA) is 58.6 Å². The first-order chi connectivity index (χ1) is 7.24. The van der Waals surface area contributed by atoms with Crippen molar-refractivity contribution in [2.24, 2.45) is 0 Å². The van der Waals surface area contributed by atoms with Gasteiger partial charge in [-0.1, -0.05) is 0 Å². The van der Waals surface area contributed by atoms with Crippen molar-refractivity contribution < 1.29 is 14.3 Å². The Kier molecular flexibility index (Phi) is 1.95. The number of nitrogens with one attached hydrogen (secondary N) is 1. The number of rotatable bonds is 1. The molecule has 0 aromatic heterocycles. The van der Waals surface area contributed by atoms with Crippen LogP contribution in [0.4, 0.5) is 0 Å². The lowest BCUT2D eigenvalue weighted by molar-refractivity contribution is -0.143. The molecule has 15 heavy (non-hydrogen) atoms. The highest BCUT2D eigenvalue weighted by Gasteiger charge is 2.46. The first kappa shape index (κ1) is 9.15. The first-order valence-electron chi connectivity index (χ1n) is 5.45. The molecule has 0 spiro atoms. The maximum absolute atomic E-state index is 11.7. The predicted octanol–water partition coefficient (Wildman–Crippen LogP) is -0.735. The summed E-state index contributed by atoms with van der Waals surface area (Å²) in [6, 6.07) is 0.141. The van der Waals surface area contributed by atoms with Gasteiger partial charge in [-0.2, -0.15) is 0 Å². The molecule has 3 fully saturated rings. The smallest absolute Gasteiger partial charge is 0.242 e. The number of amides is 2. The molecule has 3 aliphatic rings. The van der Waals surface area contributed by atoms with Crippen molar-refractivity contribution in [3.63, 3.8) is 0 Å². The number of carbonyl (C=O) groups excluding carboxylic acids is 2. The molecule has 0 saturated carbocycles. The Bertz CT molecular complexity index is 318. The van der Waals surface area contributed by atoms with E-state index in [0.29, 0.717) is 6.10 Å². The molecule has 0 aliphatic carbocycles. The molecule has 3 aliphatic heterocycles. The molecule has 3 unspecified atom stereocenters. The van der Waals surface area contributed by atoms with Gasteiger partial charge >= 0.3 is 0 Å². The van der Waals surface area contributed by atoms with Crippen LogP contribution in [0.25, 0.3) is 0 Å². The van der Waals surface area contributed by atoms with Crippen molar-refractivity contribution in [1.29, 1.82) is 0 Å². The maximum atomic E-state index is 11.7. The molecule has 3 saturated heterocycles. The van der Waals surface area contributed by atoms with Gasteiger partial charge in [-0.3, -0.25) is 9.59 Å². The van der Waals surface area contributed by atoms with Gasteiger partial charge in [0.25, 0.3) is 0 Å². The molecule has 2 bridgehead atoms. The Labute approximate surface area is 87.8 Å².